The lowest BCUT2D eigenvalue weighted by Gasteiger charge is -2.29. The number of hydrogen-bond acceptors (Lipinski definition) is 3. The number of rotatable bonds is 4. The Labute approximate surface area is 109 Å². The van der Waals surface area contributed by atoms with Crippen molar-refractivity contribution in [2.45, 2.75) is 38.8 Å². The van der Waals surface area contributed by atoms with Gasteiger partial charge in [-0.3, -0.25) is 9.59 Å². The third kappa shape index (κ3) is 5.08. The second-order valence-electron chi connectivity index (χ2n) is 4.62. The standard InChI is InChI=1S/C12H18F3NO3/c1-2-19-10(17)7-16-11(18)8-4-3-5-9(6-8)12(13,14)15/h8-9H,2-7H2,1H3,(H,16,18). The summed E-state index contributed by atoms with van der Waals surface area (Å²) >= 11 is 0. The molecule has 0 radical (unpaired) electrons. The lowest BCUT2D eigenvalue weighted by molar-refractivity contribution is -0.186. The van der Waals surface area contributed by atoms with Crippen LogP contribution in [-0.4, -0.2) is 31.2 Å². The molecule has 0 aliphatic heterocycles. The monoisotopic (exact) mass is 281 g/mol. The number of alkyl halides is 3. The van der Waals surface area contributed by atoms with Gasteiger partial charge in [-0.05, 0) is 26.2 Å². The lowest BCUT2D eigenvalue weighted by atomic mass is 9.80. The van der Waals surface area contributed by atoms with Crippen LogP contribution in [0.4, 0.5) is 13.2 Å². The molecule has 1 N–H and O–H groups in total. The summed E-state index contributed by atoms with van der Waals surface area (Å²) in [5.74, 6) is -3.17. The molecule has 0 aromatic heterocycles. The van der Waals surface area contributed by atoms with Crippen LogP contribution in [-0.2, 0) is 14.3 Å². The molecule has 1 aliphatic carbocycles. The number of carbonyl (C=O) groups is 2. The number of amides is 1. The topological polar surface area (TPSA) is 55.4 Å². The van der Waals surface area contributed by atoms with Crippen LogP contribution in [0.1, 0.15) is 32.6 Å². The van der Waals surface area contributed by atoms with Crippen LogP contribution in [0.15, 0.2) is 0 Å². The van der Waals surface area contributed by atoms with Gasteiger partial charge in [-0.25, -0.2) is 0 Å². The highest BCUT2D eigenvalue weighted by Gasteiger charge is 2.43. The number of carbonyl (C=O) groups excluding carboxylic acids is 2. The number of esters is 1. The second-order valence-corrected chi connectivity index (χ2v) is 4.62. The lowest BCUT2D eigenvalue weighted by Crippen LogP contribution is -2.39. The van der Waals surface area contributed by atoms with E-state index < -0.39 is 29.9 Å². The number of nitrogens with one attached hydrogen (secondary N) is 1. The summed E-state index contributed by atoms with van der Waals surface area (Å²) in [6, 6.07) is 0. The largest absolute Gasteiger partial charge is 0.465 e. The Bertz CT molecular complexity index is 331. The highest BCUT2D eigenvalue weighted by atomic mass is 19.4. The Hall–Kier alpha value is -1.27. The van der Waals surface area contributed by atoms with Crippen LogP contribution < -0.4 is 5.32 Å². The van der Waals surface area contributed by atoms with E-state index in [2.05, 4.69) is 10.1 Å². The van der Waals surface area contributed by atoms with Crippen LogP contribution in [0.3, 0.4) is 0 Å². The van der Waals surface area contributed by atoms with Crippen LogP contribution in [0.5, 0.6) is 0 Å². The Morgan fingerprint density at radius 1 is 1.32 bits per heavy atom. The molecule has 2 unspecified atom stereocenters. The second kappa shape index (κ2) is 6.77. The van der Waals surface area contributed by atoms with Crippen molar-refractivity contribution in [2.75, 3.05) is 13.2 Å². The van der Waals surface area contributed by atoms with E-state index >= 15 is 0 Å². The first kappa shape index (κ1) is 15.8. The molecule has 1 rings (SSSR count). The highest BCUT2D eigenvalue weighted by molar-refractivity contribution is 5.83. The summed E-state index contributed by atoms with van der Waals surface area (Å²) in [5, 5.41) is 2.33. The summed E-state index contributed by atoms with van der Waals surface area (Å²) in [6.45, 7) is 1.54. The summed E-state index contributed by atoms with van der Waals surface area (Å²) in [4.78, 5) is 22.7. The number of hydrogen-bond donors (Lipinski definition) is 1. The van der Waals surface area contributed by atoms with Gasteiger partial charge in [0.1, 0.15) is 6.54 Å². The first-order valence-corrected chi connectivity index (χ1v) is 6.34. The number of ether oxygens (including phenoxy) is 1. The van der Waals surface area contributed by atoms with Crippen molar-refractivity contribution < 1.29 is 27.5 Å². The number of halogens is 3. The van der Waals surface area contributed by atoms with E-state index in [0.29, 0.717) is 12.8 Å². The summed E-state index contributed by atoms with van der Waals surface area (Å²) in [6.07, 6.45) is -3.56. The molecule has 19 heavy (non-hydrogen) atoms. The van der Waals surface area contributed by atoms with Crippen molar-refractivity contribution in [3.63, 3.8) is 0 Å². The van der Waals surface area contributed by atoms with Crippen molar-refractivity contribution in [2.24, 2.45) is 11.8 Å². The van der Waals surface area contributed by atoms with Crippen LogP contribution in [0, 0.1) is 11.8 Å². The molecule has 0 heterocycles. The maximum atomic E-state index is 12.6. The van der Waals surface area contributed by atoms with Crippen LogP contribution in [0.2, 0.25) is 0 Å². The predicted octanol–water partition coefficient (Wildman–Crippen LogP) is 2.03. The third-order valence-electron chi connectivity index (χ3n) is 3.22. The molecule has 7 heteroatoms. The Balaban J connectivity index is 2.42. The van der Waals surface area contributed by atoms with E-state index in [1.807, 2.05) is 0 Å². The fraction of sp³-hybridized carbons (Fsp3) is 0.833. The van der Waals surface area contributed by atoms with Gasteiger partial charge in [0.25, 0.3) is 0 Å². The van der Waals surface area contributed by atoms with Crippen molar-refractivity contribution in [3.05, 3.63) is 0 Å². The van der Waals surface area contributed by atoms with Crippen LogP contribution >= 0.6 is 0 Å². The summed E-state index contributed by atoms with van der Waals surface area (Å²) < 4.78 is 42.4. The molecule has 0 aromatic carbocycles. The zero-order valence-corrected chi connectivity index (χ0v) is 10.8. The van der Waals surface area contributed by atoms with Gasteiger partial charge in [0.2, 0.25) is 5.91 Å². The molecular formula is C12H18F3NO3. The highest BCUT2D eigenvalue weighted by Crippen LogP contribution is 2.39. The molecule has 4 nitrogen and oxygen atoms in total. The van der Waals surface area contributed by atoms with Gasteiger partial charge in [0.05, 0.1) is 12.5 Å². The molecule has 1 aliphatic rings. The molecule has 1 saturated carbocycles. The fourth-order valence-corrected chi connectivity index (χ4v) is 2.24. The van der Waals surface area contributed by atoms with Gasteiger partial charge in [0, 0.05) is 5.92 Å². The Morgan fingerprint density at radius 2 is 2.00 bits per heavy atom. The molecule has 1 fully saturated rings. The molecule has 2 atom stereocenters. The third-order valence-corrected chi connectivity index (χ3v) is 3.22. The first-order valence-electron chi connectivity index (χ1n) is 6.34. The zero-order valence-electron chi connectivity index (χ0n) is 10.8. The van der Waals surface area contributed by atoms with Gasteiger partial charge in [0.15, 0.2) is 0 Å². The average molecular weight is 281 g/mol. The Morgan fingerprint density at radius 3 is 2.58 bits per heavy atom. The Kier molecular flexibility index (Phi) is 5.62. The first-order chi connectivity index (χ1) is 8.84. The van der Waals surface area contributed by atoms with Gasteiger partial charge in [-0.1, -0.05) is 6.42 Å². The average Bonchev–Trinajstić information content (AvgIpc) is 2.35. The SMILES string of the molecule is CCOC(=O)CNC(=O)C1CCCC(C(F)(F)F)C1. The van der Waals surface area contributed by atoms with E-state index in [1.54, 1.807) is 6.92 Å². The fourth-order valence-electron chi connectivity index (χ4n) is 2.24. The smallest absolute Gasteiger partial charge is 0.391 e. The molecule has 110 valence electrons. The van der Waals surface area contributed by atoms with Gasteiger partial charge in [-0.2, -0.15) is 13.2 Å². The van der Waals surface area contributed by atoms with Crippen molar-refractivity contribution >= 4 is 11.9 Å². The van der Waals surface area contributed by atoms with Gasteiger partial charge < -0.3 is 10.1 Å². The summed E-state index contributed by atoms with van der Waals surface area (Å²) in [5.41, 5.74) is 0. The molecule has 0 bridgehead atoms. The van der Waals surface area contributed by atoms with E-state index in [4.69, 9.17) is 0 Å². The van der Waals surface area contributed by atoms with Gasteiger partial charge in [-0.15, -0.1) is 0 Å². The minimum Gasteiger partial charge on any atom is -0.465 e. The maximum Gasteiger partial charge on any atom is 0.391 e. The molecule has 1 amide bonds. The minimum atomic E-state index is -4.25. The van der Waals surface area contributed by atoms with Crippen LogP contribution in [0.25, 0.3) is 0 Å². The van der Waals surface area contributed by atoms with Crippen molar-refractivity contribution in [1.82, 2.24) is 5.32 Å². The van der Waals surface area contributed by atoms with Crippen molar-refractivity contribution in [1.29, 1.82) is 0 Å². The minimum absolute atomic E-state index is 0.0746. The van der Waals surface area contributed by atoms with Crippen molar-refractivity contribution in [3.8, 4) is 0 Å². The van der Waals surface area contributed by atoms with E-state index in [1.165, 1.54) is 0 Å². The van der Waals surface area contributed by atoms with E-state index in [0.717, 1.165) is 0 Å². The summed E-state index contributed by atoms with van der Waals surface area (Å²) in [7, 11) is 0. The van der Waals surface area contributed by atoms with Gasteiger partial charge >= 0.3 is 12.1 Å². The predicted molar refractivity (Wildman–Crippen MR) is 61.1 cm³/mol. The maximum absolute atomic E-state index is 12.6. The molecule has 0 saturated heterocycles. The van der Waals surface area contributed by atoms with E-state index in [9.17, 15) is 22.8 Å². The molecular weight excluding hydrogens is 263 g/mol. The molecule has 0 aromatic rings. The normalized spacial score (nSPS) is 23.8. The quantitative estimate of drug-likeness (QED) is 0.802. The van der Waals surface area contributed by atoms with E-state index in [-0.39, 0.29) is 26.0 Å². The molecule has 0 spiro atoms. The zero-order chi connectivity index (χ0) is 14.5.